The molecule has 1 saturated heterocycles. The highest BCUT2D eigenvalue weighted by molar-refractivity contribution is 5.68. The first kappa shape index (κ1) is 15.5. The van der Waals surface area contributed by atoms with E-state index >= 15 is 0 Å². The zero-order valence-corrected chi connectivity index (χ0v) is 11.9. The van der Waals surface area contributed by atoms with Crippen LogP contribution in [0.2, 0.25) is 0 Å². The lowest BCUT2D eigenvalue weighted by Crippen LogP contribution is -2.38. The Balaban J connectivity index is 1.80. The van der Waals surface area contributed by atoms with Gasteiger partial charge in [0, 0.05) is 6.54 Å². The Kier molecular flexibility index (Phi) is 5.75. The second kappa shape index (κ2) is 7.78. The summed E-state index contributed by atoms with van der Waals surface area (Å²) < 4.78 is 19.3. The zero-order chi connectivity index (χ0) is 15.1. The van der Waals surface area contributed by atoms with Crippen LogP contribution in [0.3, 0.4) is 0 Å². The number of rotatable bonds is 5. The van der Waals surface area contributed by atoms with Crippen LogP contribution in [0.5, 0.6) is 0 Å². The SMILES string of the molecule is O=C(O)N1CCCC(F)C1=CCCOCc1ccccc1. The van der Waals surface area contributed by atoms with E-state index in [1.54, 1.807) is 6.08 Å². The zero-order valence-electron chi connectivity index (χ0n) is 11.9. The van der Waals surface area contributed by atoms with E-state index in [2.05, 4.69) is 0 Å². The van der Waals surface area contributed by atoms with Gasteiger partial charge in [0.25, 0.3) is 0 Å². The van der Waals surface area contributed by atoms with Crippen molar-refractivity contribution in [2.75, 3.05) is 13.2 Å². The molecule has 0 radical (unpaired) electrons. The number of allylic oxidation sites excluding steroid dienone is 1. The van der Waals surface area contributed by atoms with Gasteiger partial charge in [0.05, 0.1) is 18.9 Å². The Morgan fingerprint density at radius 2 is 2.19 bits per heavy atom. The molecule has 1 amide bonds. The quantitative estimate of drug-likeness (QED) is 0.844. The van der Waals surface area contributed by atoms with Crippen LogP contribution in [0.15, 0.2) is 42.1 Å². The van der Waals surface area contributed by atoms with Crippen LogP contribution >= 0.6 is 0 Å². The van der Waals surface area contributed by atoms with Crippen LogP contribution in [0.1, 0.15) is 24.8 Å². The Hall–Kier alpha value is -1.88. The van der Waals surface area contributed by atoms with Crippen LogP contribution in [-0.2, 0) is 11.3 Å². The second-order valence-corrected chi connectivity index (χ2v) is 5.00. The minimum Gasteiger partial charge on any atom is -0.465 e. The maximum Gasteiger partial charge on any atom is 0.411 e. The van der Waals surface area contributed by atoms with E-state index in [9.17, 15) is 9.18 Å². The molecule has 0 saturated carbocycles. The number of piperidine rings is 1. The molecule has 1 aromatic rings. The van der Waals surface area contributed by atoms with Gasteiger partial charge >= 0.3 is 6.09 Å². The number of likely N-dealkylation sites (tertiary alicyclic amines) is 1. The van der Waals surface area contributed by atoms with E-state index in [0.717, 1.165) is 10.5 Å². The number of nitrogens with zero attached hydrogens (tertiary/aromatic N) is 1. The Labute approximate surface area is 123 Å². The van der Waals surface area contributed by atoms with Crippen LogP contribution in [-0.4, -0.2) is 35.4 Å². The number of benzene rings is 1. The highest BCUT2D eigenvalue weighted by Gasteiger charge is 2.28. The minimum atomic E-state index is -1.19. The summed E-state index contributed by atoms with van der Waals surface area (Å²) in [7, 11) is 0. The van der Waals surface area contributed by atoms with E-state index in [0.29, 0.717) is 39.0 Å². The average molecular weight is 293 g/mol. The molecule has 114 valence electrons. The Bertz CT molecular complexity index is 490. The highest BCUT2D eigenvalue weighted by Crippen LogP contribution is 2.24. The highest BCUT2D eigenvalue weighted by atomic mass is 19.1. The molecule has 1 aromatic carbocycles. The number of halogens is 1. The number of hydrogen-bond acceptors (Lipinski definition) is 2. The van der Waals surface area contributed by atoms with E-state index < -0.39 is 12.3 Å². The molecule has 0 aliphatic carbocycles. The Morgan fingerprint density at radius 3 is 2.90 bits per heavy atom. The van der Waals surface area contributed by atoms with Crippen LogP contribution < -0.4 is 0 Å². The molecule has 4 nitrogen and oxygen atoms in total. The lowest BCUT2D eigenvalue weighted by atomic mass is 10.0. The second-order valence-electron chi connectivity index (χ2n) is 5.00. The first-order chi connectivity index (χ1) is 10.2. The van der Waals surface area contributed by atoms with Gasteiger partial charge in [0.2, 0.25) is 0 Å². The topological polar surface area (TPSA) is 49.8 Å². The molecular formula is C16H20FNO3. The normalized spacial score (nSPS) is 20.7. The molecule has 1 aliphatic heterocycles. The molecule has 0 bridgehead atoms. The lowest BCUT2D eigenvalue weighted by molar-refractivity contribution is 0.121. The minimum absolute atomic E-state index is 0.261. The van der Waals surface area contributed by atoms with Crippen LogP contribution in [0.4, 0.5) is 9.18 Å². The molecule has 5 heteroatoms. The first-order valence-electron chi connectivity index (χ1n) is 7.14. The van der Waals surface area contributed by atoms with E-state index in [1.165, 1.54) is 0 Å². The molecular weight excluding hydrogens is 273 g/mol. The van der Waals surface area contributed by atoms with Crippen molar-refractivity contribution in [1.29, 1.82) is 0 Å². The molecule has 0 spiro atoms. The van der Waals surface area contributed by atoms with Gasteiger partial charge in [-0.25, -0.2) is 9.18 Å². The summed E-state index contributed by atoms with van der Waals surface area (Å²) in [5, 5.41) is 9.06. The molecule has 21 heavy (non-hydrogen) atoms. The number of hydrogen-bond donors (Lipinski definition) is 1. The molecule has 2 rings (SSSR count). The van der Waals surface area contributed by atoms with Crippen molar-refractivity contribution in [2.45, 2.75) is 32.0 Å². The molecule has 1 N–H and O–H groups in total. The van der Waals surface area contributed by atoms with Gasteiger partial charge in [0.1, 0.15) is 6.17 Å². The summed E-state index contributed by atoms with van der Waals surface area (Å²) >= 11 is 0. The third kappa shape index (κ3) is 4.56. The van der Waals surface area contributed by atoms with Crippen molar-refractivity contribution in [3.05, 3.63) is 47.7 Å². The summed E-state index contributed by atoms with van der Waals surface area (Å²) in [6.45, 7) is 1.32. The third-order valence-corrected chi connectivity index (χ3v) is 3.43. The predicted octanol–water partition coefficient (Wildman–Crippen LogP) is 3.59. The van der Waals surface area contributed by atoms with Gasteiger partial charge in [-0.3, -0.25) is 4.90 Å². The molecule has 0 aromatic heterocycles. The molecule has 1 fully saturated rings. The van der Waals surface area contributed by atoms with Crippen molar-refractivity contribution in [1.82, 2.24) is 4.90 Å². The standard InChI is InChI=1S/C16H20FNO3/c17-14-8-4-10-18(16(19)20)15(14)9-5-11-21-12-13-6-2-1-3-7-13/h1-3,6-7,9,14H,4-5,8,10-12H2,(H,19,20). The van der Waals surface area contributed by atoms with E-state index in [4.69, 9.17) is 9.84 Å². The molecule has 1 unspecified atom stereocenters. The van der Waals surface area contributed by atoms with Gasteiger partial charge in [-0.1, -0.05) is 36.4 Å². The fourth-order valence-electron chi connectivity index (χ4n) is 2.37. The van der Waals surface area contributed by atoms with Gasteiger partial charge in [0.15, 0.2) is 0 Å². The van der Waals surface area contributed by atoms with Crippen molar-refractivity contribution in [3.63, 3.8) is 0 Å². The predicted molar refractivity (Wildman–Crippen MR) is 77.7 cm³/mol. The van der Waals surface area contributed by atoms with Gasteiger partial charge in [-0.05, 0) is 24.8 Å². The van der Waals surface area contributed by atoms with Crippen LogP contribution in [0.25, 0.3) is 0 Å². The lowest BCUT2D eigenvalue weighted by Gasteiger charge is -2.29. The van der Waals surface area contributed by atoms with Crippen LogP contribution in [0, 0.1) is 0 Å². The summed E-state index contributed by atoms with van der Waals surface area (Å²) in [6, 6.07) is 9.79. The monoisotopic (exact) mass is 293 g/mol. The van der Waals surface area contributed by atoms with Gasteiger partial charge < -0.3 is 9.84 Å². The molecule has 1 atom stereocenters. The van der Waals surface area contributed by atoms with E-state index in [1.807, 2.05) is 30.3 Å². The third-order valence-electron chi connectivity index (χ3n) is 3.43. The summed E-state index contributed by atoms with van der Waals surface area (Å²) in [6.07, 6.45) is 0.822. The fraction of sp³-hybridized carbons (Fsp3) is 0.438. The summed E-state index contributed by atoms with van der Waals surface area (Å²) in [5.41, 5.74) is 1.34. The molecule has 1 heterocycles. The number of ether oxygens (including phenoxy) is 1. The summed E-state index contributed by atoms with van der Waals surface area (Å²) in [5.74, 6) is 0. The number of amides is 1. The average Bonchev–Trinajstić information content (AvgIpc) is 2.49. The van der Waals surface area contributed by atoms with Gasteiger partial charge in [-0.15, -0.1) is 0 Å². The van der Waals surface area contributed by atoms with Crippen molar-refractivity contribution in [2.24, 2.45) is 0 Å². The Morgan fingerprint density at radius 1 is 1.43 bits per heavy atom. The van der Waals surface area contributed by atoms with Gasteiger partial charge in [-0.2, -0.15) is 0 Å². The first-order valence-corrected chi connectivity index (χ1v) is 7.14. The smallest absolute Gasteiger partial charge is 0.411 e. The number of alkyl halides is 1. The van der Waals surface area contributed by atoms with Crippen molar-refractivity contribution in [3.8, 4) is 0 Å². The fourth-order valence-corrected chi connectivity index (χ4v) is 2.37. The maximum atomic E-state index is 13.8. The van der Waals surface area contributed by atoms with Crippen molar-refractivity contribution >= 4 is 6.09 Å². The number of carbonyl (C=O) groups is 1. The summed E-state index contributed by atoms with van der Waals surface area (Å²) in [4.78, 5) is 12.2. The van der Waals surface area contributed by atoms with E-state index in [-0.39, 0.29) is 5.70 Å². The maximum absolute atomic E-state index is 13.8. The number of carboxylic acid groups (broad SMARTS) is 1. The largest absolute Gasteiger partial charge is 0.465 e. The molecule has 1 aliphatic rings. The van der Waals surface area contributed by atoms with Crippen molar-refractivity contribution < 1.29 is 19.0 Å².